The largest absolute Gasteiger partial charge is 0.496 e. The van der Waals surface area contributed by atoms with Crippen LogP contribution in [-0.2, 0) is 16.6 Å². The molecule has 0 spiro atoms. The minimum atomic E-state index is -4.35. The molecule has 1 amide bonds. The number of sulfonamides is 1. The summed E-state index contributed by atoms with van der Waals surface area (Å²) in [6, 6.07) is 9.28. The average molecular weight is 461 g/mol. The van der Waals surface area contributed by atoms with Crippen LogP contribution in [0.2, 0.25) is 0 Å². The zero-order valence-electron chi connectivity index (χ0n) is 18.0. The van der Waals surface area contributed by atoms with Gasteiger partial charge in [0.2, 0.25) is 0 Å². The van der Waals surface area contributed by atoms with E-state index >= 15 is 0 Å². The molecular formula is C21H23N3O7S. The van der Waals surface area contributed by atoms with Crippen molar-refractivity contribution in [2.75, 3.05) is 28.4 Å². The molecule has 10 nitrogen and oxygen atoms in total. The van der Waals surface area contributed by atoms with Crippen LogP contribution in [0.5, 0.6) is 23.0 Å². The van der Waals surface area contributed by atoms with E-state index in [1.807, 2.05) is 4.72 Å². The van der Waals surface area contributed by atoms with Gasteiger partial charge in [0.15, 0.2) is 4.90 Å². The molecule has 3 rings (SSSR count). The Hall–Kier alpha value is -3.73. The first-order chi connectivity index (χ1) is 15.3. The van der Waals surface area contributed by atoms with E-state index in [4.69, 9.17) is 18.9 Å². The van der Waals surface area contributed by atoms with Crippen molar-refractivity contribution < 1.29 is 32.2 Å². The molecule has 1 N–H and O–H groups in total. The quantitative estimate of drug-likeness (QED) is 0.515. The molecule has 0 saturated heterocycles. The van der Waals surface area contributed by atoms with E-state index in [0.717, 1.165) is 0 Å². The number of rotatable bonds is 9. The summed E-state index contributed by atoms with van der Waals surface area (Å²) >= 11 is 0. The van der Waals surface area contributed by atoms with E-state index in [2.05, 4.69) is 5.10 Å². The van der Waals surface area contributed by atoms with Crippen LogP contribution in [0.15, 0.2) is 53.7 Å². The van der Waals surface area contributed by atoms with Crippen LogP contribution in [0.3, 0.4) is 0 Å². The molecule has 1 heterocycles. The van der Waals surface area contributed by atoms with E-state index in [0.29, 0.717) is 17.9 Å². The third kappa shape index (κ3) is 4.62. The maximum Gasteiger partial charge on any atom is 0.271 e. The van der Waals surface area contributed by atoms with Gasteiger partial charge in [-0.2, -0.15) is 5.10 Å². The molecular weight excluding hydrogens is 438 g/mol. The molecule has 0 radical (unpaired) electrons. The molecule has 0 aliphatic rings. The van der Waals surface area contributed by atoms with Crippen molar-refractivity contribution in [3.05, 3.63) is 59.9 Å². The molecule has 1 aromatic heterocycles. The Bertz CT molecular complexity index is 1190. The van der Waals surface area contributed by atoms with Gasteiger partial charge in [0, 0.05) is 18.0 Å². The maximum absolute atomic E-state index is 13.0. The van der Waals surface area contributed by atoms with Crippen LogP contribution in [0.25, 0.3) is 0 Å². The first-order valence-corrected chi connectivity index (χ1v) is 10.8. The molecule has 2 aromatic carbocycles. The van der Waals surface area contributed by atoms with Crippen LogP contribution in [-0.4, -0.2) is 52.5 Å². The smallest absolute Gasteiger partial charge is 0.271 e. The van der Waals surface area contributed by atoms with Crippen LogP contribution in [0.1, 0.15) is 15.9 Å². The zero-order valence-corrected chi connectivity index (χ0v) is 18.8. The van der Waals surface area contributed by atoms with Crippen molar-refractivity contribution in [1.82, 2.24) is 14.5 Å². The van der Waals surface area contributed by atoms with Gasteiger partial charge >= 0.3 is 0 Å². The molecule has 0 bridgehead atoms. The second-order valence-electron chi connectivity index (χ2n) is 6.49. The summed E-state index contributed by atoms with van der Waals surface area (Å²) in [4.78, 5) is 12.7. The fourth-order valence-electron chi connectivity index (χ4n) is 3.14. The number of nitrogens with one attached hydrogen (secondary N) is 1. The number of carbonyl (C=O) groups is 1. The Labute approximate surface area is 185 Å². The summed E-state index contributed by atoms with van der Waals surface area (Å²) in [5.74, 6) is -0.294. The summed E-state index contributed by atoms with van der Waals surface area (Å²) in [6.07, 6.45) is 3.42. The topological polar surface area (TPSA) is 118 Å². The Morgan fingerprint density at radius 1 is 0.938 bits per heavy atom. The summed E-state index contributed by atoms with van der Waals surface area (Å²) in [7, 11) is 1.13. The molecule has 0 unspecified atom stereocenters. The average Bonchev–Trinajstić information content (AvgIpc) is 3.30. The molecule has 170 valence electrons. The fourth-order valence-corrected chi connectivity index (χ4v) is 4.43. The van der Waals surface area contributed by atoms with Crippen molar-refractivity contribution in [3.63, 3.8) is 0 Å². The van der Waals surface area contributed by atoms with Gasteiger partial charge in [-0.25, -0.2) is 13.1 Å². The van der Waals surface area contributed by atoms with Crippen molar-refractivity contribution >= 4 is 15.9 Å². The first-order valence-electron chi connectivity index (χ1n) is 9.35. The highest BCUT2D eigenvalue weighted by Crippen LogP contribution is 2.34. The summed E-state index contributed by atoms with van der Waals surface area (Å²) in [5, 5.41) is 4.15. The normalized spacial score (nSPS) is 11.0. The standard InChI is InChI=1S/C21H23N3O7S/c1-28-16-7-5-8-17(29-2)20(16)32(26,27)23-21(25)15-12-18(30-3)14(11-19(15)31-4)13-24-10-6-9-22-24/h5-12H,13H2,1-4H3,(H,23,25). The van der Waals surface area contributed by atoms with E-state index < -0.39 is 15.9 Å². The number of carbonyl (C=O) groups excluding carboxylic acids is 1. The Kier molecular flexibility index (Phi) is 6.89. The summed E-state index contributed by atoms with van der Waals surface area (Å²) in [6.45, 7) is 0.366. The molecule has 0 saturated carbocycles. The predicted octanol–water partition coefficient (Wildman–Crippen LogP) is 2.08. The summed E-state index contributed by atoms with van der Waals surface area (Å²) in [5.41, 5.74) is 0.671. The number of amides is 1. The van der Waals surface area contributed by atoms with E-state index in [9.17, 15) is 13.2 Å². The molecule has 11 heteroatoms. The minimum absolute atomic E-state index is 0.0222. The number of ether oxygens (including phenoxy) is 4. The maximum atomic E-state index is 13.0. The monoisotopic (exact) mass is 461 g/mol. The number of benzene rings is 2. The molecule has 0 aliphatic heterocycles. The summed E-state index contributed by atoms with van der Waals surface area (Å²) < 4.78 is 50.8. The Morgan fingerprint density at radius 3 is 2.09 bits per heavy atom. The SMILES string of the molecule is COc1cc(C(=O)NS(=O)(=O)c2c(OC)cccc2OC)c(OC)cc1Cn1cccn1. The number of hydrogen-bond acceptors (Lipinski definition) is 8. The van der Waals surface area contributed by atoms with E-state index in [1.54, 1.807) is 35.3 Å². The first kappa shape index (κ1) is 22.9. The van der Waals surface area contributed by atoms with Gasteiger partial charge in [0.25, 0.3) is 15.9 Å². The lowest BCUT2D eigenvalue weighted by molar-refractivity contribution is 0.0978. The lowest BCUT2D eigenvalue weighted by atomic mass is 10.1. The highest BCUT2D eigenvalue weighted by atomic mass is 32.2. The second kappa shape index (κ2) is 9.60. The van der Waals surface area contributed by atoms with Crippen LogP contribution in [0, 0.1) is 0 Å². The third-order valence-corrected chi connectivity index (χ3v) is 6.01. The van der Waals surface area contributed by atoms with Crippen molar-refractivity contribution in [2.24, 2.45) is 0 Å². The van der Waals surface area contributed by atoms with Crippen molar-refractivity contribution in [1.29, 1.82) is 0 Å². The number of nitrogens with zero attached hydrogens (tertiary/aromatic N) is 2. The number of aromatic nitrogens is 2. The molecule has 32 heavy (non-hydrogen) atoms. The second-order valence-corrected chi connectivity index (χ2v) is 8.11. The molecule has 0 aliphatic carbocycles. The van der Waals surface area contributed by atoms with E-state index in [-0.39, 0.29) is 27.7 Å². The number of methoxy groups -OCH3 is 4. The fraction of sp³-hybridized carbons (Fsp3) is 0.238. The van der Waals surface area contributed by atoms with Crippen molar-refractivity contribution in [3.8, 4) is 23.0 Å². The minimum Gasteiger partial charge on any atom is -0.496 e. The predicted molar refractivity (Wildman–Crippen MR) is 115 cm³/mol. The lowest BCUT2D eigenvalue weighted by Crippen LogP contribution is -2.31. The van der Waals surface area contributed by atoms with Gasteiger partial charge in [-0.15, -0.1) is 0 Å². The van der Waals surface area contributed by atoms with Crippen LogP contribution < -0.4 is 23.7 Å². The highest BCUT2D eigenvalue weighted by Gasteiger charge is 2.29. The lowest BCUT2D eigenvalue weighted by Gasteiger charge is -2.16. The van der Waals surface area contributed by atoms with Gasteiger partial charge in [0.05, 0.1) is 40.5 Å². The number of hydrogen-bond donors (Lipinski definition) is 1. The van der Waals surface area contributed by atoms with Gasteiger partial charge < -0.3 is 18.9 Å². The van der Waals surface area contributed by atoms with Crippen molar-refractivity contribution in [2.45, 2.75) is 11.4 Å². The van der Waals surface area contributed by atoms with E-state index in [1.165, 1.54) is 46.6 Å². The van der Waals surface area contributed by atoms with Gasteiger partial charge in [-0.1, -0.05) is 6.07 Å². The van der Waals surface area contributed by atoms with Gasteiger partial charge in [-0.3, -0.25) is 9.48 Å². The van der Waals surface area contributed by atoms with Gasteiger partial charge in [0.1, 0.15) is 23.0 Å². The molecule has 0 atom stereocenters. The zero-order chi connectivity index (χ0) is 23.3. The Morgan fingerprint density at radius 2 is 1.56 bits per heavy atom. The van der Waals surface area contributed by atoms with Crippen LogP contribution >= 0.6 is 0 Å². The van der Waals surface area contributed by atoms with Gasteiger partial charge in [-0.05, 0) is 30.3 Å². The Balaban J connectivity index is 1.99. The molecule has 3 aromatic rings. The third-order valence-electron chi connectivity index (χ3n) is 4.62. The van der Waals surface area contributed by atoms with Crippen LogP contribution in [0.4, 0.5) is 0 Å². The highest BCUT2D eigenvalue weighted by molar-refractivity contribution is 7.90. The molecule has 0 fully saturated rings.